The van der Waals surface area contributed by atoms with E-state index in [1.54, 1.807) is 0 Å². The monoisotopic (exact) mass is 145 g/mol. The molecule has 0 aliphatic rings. The number of aliphatic imine (C=N–C) groups is 1. The van der Waals surface area contributed by atoms with E-state index in [0.717, 1.165) is 11.0 Å². The summed E-state index contributed by atoms with van der Waals surface area (Å²) in [6.45, 7) is 3.38. The highest BCUT2D eigenvalue weighted by Crippen LogP contribution is 2.14. The van der Waals surface area contributed by atoms with Crippen LogP contribution in [0.3, 0.4) is 0 Å². The average molecular weight is 145 g/mol. The molecule has 11 heavy (non-hydrogen) atoms. The molecule has 0 unspecified atom stereocenters. The first-order valence-corrected chi connectivity index (χ1v) is 3.31. The molecular formula is C8H7N3. The molecule has 0 saturated heterocycles. The van der Waals surface area contributed by atoms with Crippen LogP contribution in [0.1, 0.15) is 0 Å². The predicted molar refractivity (Wildman–Crippen MR) is 45.3 cm³/mol. The number of hydrogen-bond acceptors (Lipinski definition) is 2. The second-order valence-electron chi connectivity index (χ2n) is 2.24. The summed E-state index contributed by atoms with van der Waals surface area (Å²) in [7, 11) is 0. The third kappa shape index (κ3) is 0.902. The SMILES string of the molecule is C=Nc1nc2ccccc2[nH]1. The number of nitrogens with zero attached hydrogens (tertiary/aromatic N) is 2. The van der Waals surface area contributed by atoms with Crippen LogP contribution in [0.25, 0.3) is 11.0 Å². The van der Waals surface area contributed by atoms with Crippen LogP contribution < -0.4 is 0 Å². The highest BCUT2D eigenvalue weighted by atomic mass is 15.1. The third-order valence-corrected chi connectivity index (χ3v) is 1.53. The first kappa shape index (κ1) is 6.09. The van der Waals surface area contributed by atoms with Gasteiger partial charge in [-0.05, 0) is 18.9 Å². The Balaban J connectivity index is 2.78. The van der Waals surface area contributed by atoms with E-state index >= 15 is 0 Å². The zero-order chi connectivity index (χ0) is 7.68. The molecule has 0 aliphatic heterocycles. The summed E-state index contributed by atoms with van der Waals surface area (Å²) in [4.78, 5) is 10.8. The first-order chi connectivity index (χ1) is 5.40. The minimum absolute atomic E-state index is 0.575. The molecule has 1 heterocycles. The minimum atomic E-state index is 0.575. The number of aromatic amines is 1. The van der Waals surface area contributed by atoms with Crippen LogP contribution in [-0.2, 0) is 0 Å². The van der Waals surface area contributed by atoms with Gasteiger partial charge in [-0.25, -0.2) is 9.98 Å². The Morgan fingerprint density at radius 3 is 2.91 bits per heavy atom. The van der Waals surface area contributed by atoms with Gasteiger partial charge >= 0.3 is 0 Å². The fraction of sp³-hybridized carbons (Fsp3) is 0. The van der Waals surface area contributed by atoms with Crippen molar-refractivity contribution in [1.82, 2.24) is 9.97 Å². The van der Waals surface area contributed by atoms with Crippen LogP contribution in [0, 0.1) is 0 Å². The van der Waals surface area contributed by atoms with Gasteiger partial charge < -0.3 is 4.98 Å². The molecule has 0 aliphatic carbocycles. The molecule has 1 aromatic carbocycles. The van der Waals surface area contributed by atoms with Crippen molar-refractivity contribution in [3.05, 3.63) is 24.3 Å². The molecule has 2 rings (SSSR count). The lowest BCUT2D eigenvalue weighted by Gasteiger charge is -1.81. The molecule has 0 radical (unpaired) electrons. The predicted octanol–water partition coefficient (Wildman–Crippen LogP) is 1.89. The van der Waals surface area contributed by atoms with Crippen molar-refractivity contribution in [2.75, 3.05) is 0 Å². The number of aromatic nitrogens is 2. The fourth-order valence-electron chi connectivity index (χ4n) is 1.01. The van der Waals surface area contributed by atoms with Gasteiger partial charge in [0.25, 0.3) is 0 Å². The molecule has 54 valence electrons. The number of para-hydroxylation sites is 2. The Hall–Kier alpha value is -1.64. The summed E-state index contributed by atoms with van der Waals surface area (Å²) in [5.74, 6) is 0.575. The lowest BCUT2D eigenvalue weighted by molar-refractivity contribution is 1.28. The number of nitrogens with one attached hydrogen (secondary N) is 1. The Labute approximate surface area is 63.8 Å². The topological polar surface area (TPSA) is 41.0 Å². The summed E-state index contributed by atoms with van der Waals surface area (Å²) >= 11 is 0. The van der Waals surface area contributed by atoms with Crippen molar-refractivity contribution in [2.45, 2.75) is 0 Å². The summed E-state index contributed by atoms with van der Waals surface area (Å²) in [5.41, 5.74) is 1.92. The van der Waals surface area contributed by atoms with Gasteiger partial charge in [0.2, 0.25) is 5.95 Å². The molecule has 0 amide bonds. The number of fused-ring (bicyclic) bond motifs is 1. The van der Waals surface area contributed by atoms with Gasteiger partial charge in [-0.3, -0.25) is 0 Å². The highest BCUT2D eigenvalue weighted by Gasteiger charge is 1.96. The third-order valence-electron chi connectivity index (χ3n) is 1.53. The largest absolute Gasteiger partial charge is 0.322 e. The van der Waals surface area contributed by atoms with Crippen LogP contribution >= 0.6 is 0 Å². The van der Waals surface area contributed by atoms with Crippen molar-refractivity contribution in [3.8, 4) is 0 Å². The molecular weight excluding hydrogens is 138 g/mol. The number of rotatable bonds is 1. The fourth-order valence-corrected chi connectivity index (χ4v) is 1.01. The normalized spacial score (nSPS) is 10.2. The Bertz CT molecular complexity index is 356. The lowest BCUT2D eigenvalue weighted by atomic mass is 10.3. The summed E-state index contributed by atoms with van der Waals surface area (Å²) < 4.78 is 0. The van der Waals surface area contributed by atoms with E-state index in [2.05, 4.69) is 21.7 Å². The molecule has 2 aromatic rings. The Morgan fingerprint density at radius 2 is 2.18 bits per heavy atom. The zero-order valence-electron chi connectivity index (χ0n) is 5.91. The van der Waals surface area contributed by atoms with Crippen LogP contribution in [0.15, 0.2) is 29.3 Å². The van der Waals surface area contributed by atoms with Crippen molar-refractivity contribution in [1.29, 1.82) is 0 Å². The van der Waals surface area contributed by atoms with Crippen LogP contribution in [0.4, 0.5) is 5.95 Å². The zero-order valence-corrected chi connectivity index (χ0v) is 5.91. The van der Waals surface area contributed by atoms with E-state index in [0.29, 0.717) is 5.95 Å². The van der Waals surface area contributed by atoms with E-state index in [-0.39, 0.29) is 0 Å². The maximum atomic E-state index is 4.15. The van der Waals surface area contributed by atoms with Gasteiger partial charge in [0.1, 0.15) is 0 Å². The molecule has 1 N–H and O–H groups in total. The quantitative estimate of drug-likeness (QED) is 0.611. The van der Waals surface area contributed by atoms with Crippen LogP contribution in [0.2, 0.25) is 0 Å². The first-order valence-electron chi connectivity index (χ1n) is 3.31. The van der Waals surface area contributed by atoms with Crippen molar-refractivity contribution in [3.63, 3.8) is 0 Å². The maximum absolute atomic E-state index is 4.15. The molecule has 0 fully saturated rings. The molecule has 1 aromatic heterocycles. The molecule has 0 saturated carbocycles. The van der Waals surface area contributed by atoms with E-state index in [1.165, 1.54) is 0 Å². The number of benzene rings is 1. The minimum Gasteiger partial charge on any atom is -0.322 e. The van der Waals surface area contributed by atoms with Gasteiger partial charge in [0, 0.05) is 0 Å². The van der Waals surface area contributed by atoms with Gasteiger partial charge in [-0.15, -0.1) is 0 Å². The standard InChI is InChI=1S/C8H7N3/c1-9-8-10-6-4-2-3-5-7(6)11-8/h2-5H,1H2,(H,10,11). The Morgan fingerprint density at radius 1 is 1.36 bits per heavy atom. The summed E-state index contributed by atoms with van der Waals surface area (Å²) in [5, 5.41) is 0. The van der Waals surface area contributed by atoms with E-state index in [9.17, 15) is 0 Å². The number of hydrogen-bond donors (Lipinski definition) is 1. The number of imidazole rings is 1. The van der Waals surface area contributed by atoms with E-state index in [4.69, 9.17) is 0 Å². The molecule has 3 heteroatoms. The van der Waals surface area contributed by atoms with E-state index in [1.807, 2.05) is 24.3 Å². The molecule has 0 spiro atoms. The van der Waals surface area contributed by atoms with Gasteiger partial charge in [-0.2, -0.15) is 0 Å². The highest BCUT2D eigenvalue weighted by molar-refractivity contribution is 5.76. The Kier molecular flexibility index (Phi) is 1.22. The number of H-pyrrole nitrogens is 1. The van der Waals surface area contributed by atoms with Gasteiger partial charge in [0.05, 0.1) is 11.0 Å². The summed E-state index contributed by atoms with van der Waals surface area (Å²) in [6, 6.07) is 7.78. The van der Waals surface area contributed by atoms with Crippen molar-refractivity contribution in [2.24, 2.45) is 4.99 Å². The van der Waals surface area contributed by atoms with Gasteiger partial charge in [0.15, 0.2) is 0 Å². The molecule has 0 bridgehead atoms. The second-order valence-corrected chi connectivity index (χ2v) is 2.24. The summed E-state index contributed by atoms with van der Waals surface area (Å²) in [6.07, 6.45) is 0. The molecule has 3 nitrogen and oxygen atoms in total. The smallest absolute Gasteiger partial charge is 0.227 e. The van der Waals surface area contributed by atoms with Crippen molar-refractivity contribution >= 4 is 23.7 Å². The lowest BCUT2D eigenvalue weighted by Crippen LogP contribution is -1.63. The van der Waals surface area contributed by atoms with Crippen LogP contribution in [-0.4, -0.2) is 16.7 Å². The van der Waals surface area contributed by atoms with Crippen molar-refractivity contribution < 1.29 is 0 Å². The van der Waals surface area contributed by atoms with Crippen LogP contribution in [0.5, 0.6) is 0 Å². The van der Waals surface area contributed by atoms with E-state index < -0.39 is 0 Å². The average Bonchev–Trinajstić information content (AvgIpc) is 2.46. The maximum Gasteiger partial charge on any atom is 0.227 e. The second kappa shape index (κ2) is 2.20. The van der Waals surface area contributed by atoms with Gasteiger partial charge in [-0.1, -0.05) is 12.1 Å². The molecule has 0 atom stereocenters.